The van der Waals surface area contributed by atoms with E-state index in [9.17, 15) is 9.18 Å². The van der Waals surface area contributed by atoms with E-state index in [1.165, 1.54) is 18.6 Å². The van der Waals surface area contributed by atoms with Crippen molar-refractivity contribution in [2.75, 3.05) is 6.54 Å². The third-order valence-electron chi connectivity index (χ3n) is 2.86. The van der Waals surface area contributed by atoms with Gasteiger partial charge in [-0.3, -0.25) is 4.79 Å². The molecule has 1 N–H and O–H groups in total. The van der Waals surface area contributed by atoms with E-state index < -0.39 is 5.82 Å². The number of ether oxygens (including phenoxy) is 1. The Labute approximate surface area is 116 Å². The van der Waals surface area contributed by atoms with Gasteiger partial charge in [-0.25, -0.2) is 4.39 Å². The number of carbonyl (C=O) groups excluding carboxylic acids is 1. The van der Waals surface area contributed by atoms with Crippen molar-refractivity contribution >= 4 is 5.91 Å². The summed E-state index contributed by atoms with van der Waals surface area (Å²) in [7, 11) is 0. The third-order valence-corrected chi connectivity index (χ3v) is 2.86. The second-order valence-corrected chi connectivity index (χ2v) is 4.30. The van der Waals surface area contributed by atoms with Crippen LogP contribution in [0.1, 0.15) is 23.7 Å². The standard InChI is InChI=1S/C15H16FNO3/c1-2-12(20-14-6-4-3-5-13(14)16)9-17-15(18)11-7-8-19-10-11/h3-8,10,12H,2,9H2,1H3,(H,17,18). The molecule has 1 atom stereocenters. The van der Waals surface area contributed by atoms with Crippen molar-refractivity contribution in [2.24, 2.45) is 0 Å². The largest absolute Gasteiger partial charge is 0.486 e. The number of hydrogen-bond donors (Lipinski definition) is 1. The molecule has 0 aliphatic carbocycles. The Hall–Kier alpha value is -2.30. The van der Waals surface area contributed by atoms with Crippen LogP contribution in [0.5, 0.6) is 5.75 Å². The van der Waals surface area contributed by atoms with Crippen LogP contribution in [0.2, 0.25) is 0 Å². The molecule has 0 radical (unpaired) electrons. The van der Waals surface area contributed by atoms with Crippen LogP contribution in [0.15, 0.2) is 47.3 Å². The van der Waals surface area contributed by atoms with Crippen molar-refractivity contribution in [2.45, 2.75) is 19.4 Å². The van der Waals surface area contributed by atoms with E-state index in [0.29, 0.717) is 18.5 Å². The maximum absolute atomic E-state index is 13.5. The van der Waals surface area contributed by atoms with Gasteiger partial charge >= 0.3 is 0 Å². The molecular formula is C15H16FNO3. The van der Waals surface area contributed by atoms with Gasteiger partial charge in [0.2, 0.25) is 0 Å². The minimum atomic E-state index is -0.410. The Kier molecular flexibility index (Phi) is 4.76. The van der Waals surface area contributed by atoms with E-state index in [1.807, 2.05) is 6.92 Å². The molecule has 106 valence electrons. The molecule has 0 spiro atoms. The van der Waals surface area contributed by atoms with Crippen LogP contribution in [-0.2, 0) is 0 Å². The summed E-state index contributed by atoms with van der Waals surface area (Å²) < 4.78 is 23.9. The van der Waals surface area contributed by atoms with Crippen molar-refractivity contribution in [1.82, 2.24) is 5.32 Å². The molecule has 0 aliphatic heterocycles. The van der Waals surface area contributed by atoms with E-state index in [4.69, 9.17) is 9.15 Å². The van der Waals surface area contributed by atoms with Gasteiger partial charge in [-0.15, -0.1) is 0 Å². The average Bonchev–Trinajstić information content (AvgIpc) is 2.99. The van der Waals surface area contributed by atoms with Crippen LogP contribution >= 0.6 is 0 Å². The second kappa shape index (κ2) is 6.75. The summed E-state index contributed by atoms with van der Waals surface area (Å²) >= 11 is 0. The molecule has 20 heavy (non-hydrogen) atoms. The summed E-state index contributed by atoms with van der Waals surface area (Å²) in [6, 6.07) is 7.79. The van der Waals surface area contributed by atoms with Gasteiger partial charge in [0, 0.05) is 0 Å². The highest BCUT2D eigenvalue weighted by Crippen LogP contribution is 2.17. The molecule has 1 unspecified atom stereocenters. The van der Waals surface area contributed by atoms with Crippen LogP contribution in [0.4, 0.5) is 4.39 Å². The van der Waals surface area contributed by atoms with Crippen LogP contribution in [0, 0.1) is 5.82 Å². The van der Waals surface area contributed by atoms with E-state index >= 15 is 0 Å². The fourth-order valence-corrected chi connectivity index (χ4v) is 1.69. The zero-order chi connectivity index (χ0) is 14.4. The van der Waals surface area contributed by atoms with Crippen molar-refractivity contribution in [3.05, 3.63) is 54.2 Å². The minimum absolute atomic E-state index is 0.192. The Morgan fingerprint density at radius 2 is 2.20 bits per heavy atom. The highest BCUT2D eigenvalue weighted by atomic mass is 19.1. The summed E-state index contributed by atoms with van der Waals surface area (Å²) in [6.07, 6.45) is 3.17. The SMILES string of the molecule is CCC(CNC(=O)c1ccoc1)Oc1ccccc1F. The van der Waals surface area contributed by atoms with Gasteiger partial charge < -0.3 is 14.5 Å². The van der Waals surface area contributed by atoms with Gasteiger partial charge in [-0.1, -0.05) is 19.1 Å². The Morgan fingerprint density at radius 3 is 2.85 bits per heavy atom. The third kappa shape index (κ3) is 3.60. The number of benzene rings is 1. The number of para-hydroxylation sites is 1. The van der Waals surface area contributed by atoms with Crippen LogP contribution in [-0.4, -0.2) is 18.6 Å². The average molecular weight is 277 g/mol. The van der Waals surface area contributed by atoms with Gasteiger partial charge in [0.1, 0.15) is 12.4 Å². The smallest absolute Gasteiger partial charge is 0.254 e. The number of rotatable bonds is 6. The van der Waals surface area contributed by atoms with Gasteiger partial charge in [-0.05, 0) is 24.6 Å². The van der Waals surface area contributed by atoms with Gasteiger partial charge in [0.05, 0.1) is 18.4 Å². The molecular weight excluding hydrogens is 261 g/mol. The summed E-state index contributed by atoms with van der Waals surface area (Å²) in [6.45, 7) is 2.21. The number of furan rings is 1. The minimum Gasteiger partial charge on any atom is -0.486 e. The lowest BCUT2D eigenvalue weighted by atomic mass is 10.2. The molecule has 1 amide bonds. The molecule has 0 saturated heterocycles. The number of halogens is 1. The van der Waals surface area contributed by atoms with E-state index in [-0.39, 0.29) is 17.8 Å². The Morgan fingerprint density at radius 1 is 1.40 bits per heavy atom. The van der Waals surface area contributed by atoms with E-state index in [0.717, 1.165) is 0 Å². The fraction of sp³-hybridized carbons (Fsp3) is 0.267. The molecule has 0 fully saturated rings. The first kappa shape index (κ1) is 14.1. The predicted molar refractivity (Wildman–Crippen MR) is 72.1 cm³/mol. The molecule has 0 bridgehead atoms. The van der Waals surface area contributed by atoms with Crippen molar-refractivity contribution in [3.63, 3.8) is 0 Å². The normalized spacial score (nSPS) is 11.9. The highest BCUT2D eigenvalue weighted by molar-refractivity contribution is 5.93. The maximum Gasteiger partial charge on any atom is 0.254 e. The van der Waals surface area contributed by atoms with Crippen molar-refractivity contribution < 1.29 is 18.3 Å². The number of hydrogen-bond acceptors (Lipinski definition) is 3. The first-order valence-electron chi connectivity index (χ1n) is 6.42. The molecule has 1 aromatic heterocycles. The monoisotopic (exact) mass is 277 g/mol. The molecule has 2 aromatic rings. The predicted octanol–water partition coefficient (Wildman–Crippen LogP) is 3.01. The van der Waals surface area contributed by atoms with Crippen LogP contribution in [0.3, 0.4) is 0 Å². The van der Waals surface area contributed by atoms with E-state index in [1.54, 1.807) is 24.3 Å². The van der Waals surface area contributed by atoms with Gasteiger partial charge in [0.15, 0.2) is 11.6 Å². The Balaban J connectivity index is 1.90. The van der Waals surface area contributed by atoms with E-state index in [2.05, 4.69) is 5.32 Å². The van der Waals surface area contributed by atoms with Crippen molar-refractivity contribution in [3.8, 4) is 5.75 Å². The zero-order valence-corrected chi connectivity index (χ0v) is 11.1. The number of amides is 1. The van der Waals surface area contributed by atoms with Crippen molar-refractivity contribution in [1.29, 1.82) is 0 Å². The maximum atomic E-state index is 13.5. The molecule has 2 rings (SSSR count). The first-order valence-corrected chi connectivity index (χ1v) is 6.42. The molecule has 5 heteroatoms. The number of carbonyl (C=O) groups is 1. The molecule has 4 nitrogen and oxygen atoms in total. The topological polar surface area (TPSA) is 51.5 Å². The zero-order valence-electron chi connectivity index (χ0n) is 11.1. The molecule has 0 saturated carbocycles. The van der Waals surface area contributed by atoms with Gasteiger partial charge in [0.25, 0.3) is 5.91 Å². The molecule has 0 aliphatic rings. The lowest BCUT2D eigenvalue weighted by molar-refractivity contribution is 0.0924. The summed E-state index contributed by atoms with van der Waals surface area (Å²) in [5.74, 6) is -0.460. The van der Waals surface area contributed by atoms with Gasteiger partial charge in [-0.2, -0.15) is 0 Å². The molecule has 1 aromatic carbocycles. The van der Waals surface area contributed by atoms with Crippen LogP contribution in [0.25, 0.3) is 0 Å². The lowest BCUT2D eigenvalue weighted by Crippen LogP contribution is -2.35. The fourth-order valence-electron chi connectivity index (χ4n) is 1.69. The first-order chi connectivity index (χ1) is 9.70. The Bertz CT molecular complexity index is 554. The van der Waals surface area contributed by atoms with Crippen LogP contribution < -0.4 is 10.1 Å². The number of nitrogens with one attached hydrogen (secondary N) is 1. The lowest BCUT2D eigenvalue weighted by Gasteiger charge is -2.18. The summed E-state index contributed by atoms with van der Waals surface area (Å²) in [5, 5.41) is 2.73. The summed E-state index contributed by atoms with van der Waals surface area (Å²) in [4.78, 5) is 11.7. The second-order valence-electron chi connectivity index (χ2n) is 4.30. The quantitative estimate of drug-likeness (QED) is 0.883. The highest BCUT2D eigenvalue weighted by Gasteiger charge is 2.13. The summed E-state index contributed by atoms with van der Waals surface area (Å²) in [5.41, 5.74) is 0.450. The molecule has 1 heterocycles.